The van der Waals surface area contributed by atoms with Crippen LogP contribution in [0.2, 0.25) is 0 Å². The van der Waals surface area contributed by atoms with Crippen molar-refractivity contribution in [2.45, 2.75) is 26.2 Å². The second kappa shape index (κ2) is 3.73. The number of benzene rings is 1. The lowest BCUT2D eigenvalue weighted by Gasteiger charge is -2.11. The van der Waals surface area contributed by atoms with Crippen LogP contribution in [0.1, 0.15) is 26.7 Å². The Balaban J connectivity index is 2.13. The Labute approximate surface area is 106 Å². The predicted octanol–water partition coefficient (Wildman–Crippen LogP) is 3.92. The van der Waals surface area contributed by atoms with Gasteiger partial charge < -0.3 is 8.98 Å². The molecular formula is C15H16N2O. The minimum absolute atomic E-state index is 0.0629. The van der Waals surface area contributed by atoms with Crippen molar-refractivity contribution in [1.29, 1.82) is 0 Å². The van der Waals surface area contributed by atoms with Crippen LogP contribution in [-0.4, -0.2) is 9.55 Å². The van der Waals surface area contributed by atoms with E-state index in [1.807, 2.05) is 36.7 Å². The van der Waals surface area contributed by atoms with Crippen molar-refractivity contribution < 1.29 is 4.42 Å². The number of hydrogen-bond donors (Lipinski definition) is 0. The topological polar surface area (TPSA) is 31.0 Å². The highest BCUT2D eigenvalue weighted by atomic mass is 16.3. The largest absolute Gasteiger partial charge is 0.440 e. The third-order valence-corrected chi connectivity index (χ3v) is 2.92. The van der Waals surface area contributed by atoms with Crippen LogP contribution in [0.15, 0.2) is 47.1 Å². The summed E-state index contributed by atoms with van der Waals surface area (Å²) in [5, 5.41) is 0. The molecule has 2 aromatic heterocycles. The van der Waals surface area contributed by atoms with Crippen LogP contribution < -0.4 is 0 Å². The summed E-state index contributed by atoms with van der Waals surface area (Å²) in [7, 11) is 0. The molecule has 3 nitrogen and oxygen atoms in total. The van der Waals surface area contributed by atoms with E-state index >= 15 is 0 Å². The summed E-state index contributed by atoms with van der Waals surface area (Å²) in [6.07, 6.45) is 4.03. The Morgan fingerprint density at radius 1 is 1.11 bits per heavy atom. The molecule has 0 saturated heterocycles. The number of aromatic nitrogens is 2. The van der Waals surface area contributed by atoms with Gasteiger partial charge in [-0.15, -0.1) is 0 Å². The van der Waals surface area contributed by atoms with Crippen molar-refractivity contribution in [3.05, 3.63) is 48.6 Å². The van der Waals surface area contributed by atoms with Crippen molar-refractivity contribution in [3.63, 3.8) is 0 Å². The molecule has 0 bridgehead atoms. The van der Waals surface area contributed by atoms with Gasteiger partial charge in [0.05, 0.1) is 0 Å². The fraction of sp³-hybridized carbons (Fsp3) is 0.267. The Morgan fingerprint density at radius 2 is 1.83 bits per heavy atom. The molecule has 3 rings (SSSR count). The van der Waals surface area contributed by atoms with E-state index in [1.165, 1.54) is 0 Å². The summed E-state index contributed by atoms with van der Waals surface area (Å²) in [6.45, 7) is 6.31. The molecule has 0 radical (unpaired) electrons. The molecule has 18 heavy (non-hydrogen) atoms. The standard InChI is InChI=1S/C15H16N2O/c1-15(2,3)14-16-12-7-6-11(10-13(12)18-14)17-8-4-5-9-17/h4-10H,1-3H3. The van der Waals surface area contributed by atoms with E-state index in [2.05, 4.69) is 36.4 Å². The smallest absolute Gasteiger partial charge is 0.200 e. The molecule has 0 fully saturated rings. The van der Waals surface area contributed by atoms with Crippen molar-refractivity contribution in [2.24, 2.45) is 0 Å². The van der Waals surface area contributed by atoms with E-state index in [0.29, 0.717) is 0 Å². The maximum absolute atomic E-state index is 5.85. The Morgan fingerprint density at radius 3 is 2.50 bits per heavy atom. The number of rotatable bonds is 1. The van der Waals surface area contributed by atoms with E-state index in [1.54, 1.807) is 0 Å². The molecule has 0 amide bonds. The molecule has 0 N–H and O–H groups in total. The second-order valence-corrected chi connectivity index (χ2v) is 5.51. The number of hydrogen-bond acceptors (Lipinski definition) is 2. The average Bonchev–Trinajstić information content (AvgIpc) is 2.96. The summed E-state index contributed by atoms with van der Waals surface area (Å²) in [4.78, 5) is 4.53. The Bertz CT molecular complexity index is 672. The summed E-state index contributed by atoms with van der Waals surface area (Å²) < 4.78 is 7.90. The van der Waals surface area contributed by atoms with Crippen molar-refractivity contribution >= 4 is 11.1 Å². The zero-order chi connectivity index (χ0) is 12.8. The van der Waals surface area contributed by atoms with Gasteiger partial charge in [-0.25, -0.2) is 4.98 Å². The van der Waals surface area contributed by atoms with Crippen LogP contribution in [0.5, 0.6) is 0 Å². The quantitative estimate of drug-likeness (QED) is 0.645. The van der Waals surface area contributed by atoms with Gasteiger partial charge in [0.2, 0.25) is 5.89 Å². The molecule has 3 heteroatoms. The van der Waals surface area contributed by atoms with E-state index in [4.69, 9.17) is 4.42 Å². The number of oxazole rings is 1. The van der Waals surface area contributed by atoms with Crippen LogP contribution >= 0.6 is 0 Å². The molecule has 0 unspecified atom stereocenters. The first-order valence-corrected chi connectivity index (χ1v) is 6.08. The summed E-state index contributed by atoms with van der Waals surface area (Å²) in [5.74, 6) is 0.780. The molecule has 0 spiro atoms. The van der Waals surface area contributed by atoms with Gasteiger partial charge in [0, 0.05) is 29.6 Å². The lowest BCUT2D eigenvalue weighted by atomic mass is 9.97. The van der Waals surface area contributed by atoms with Gasteiger partial charge in [0.25, 0.3) is 0 Å². The third kappa shape index (κ3) is 1.82. The fourth-order valence-electron chi connectivity index (χ4n) is 1.90. The van der Waals surface area contributed by atoms with E-state index in [-0.39, 0.29) is 5.41 Å². The molecule has 92 valence electrons. The average molecular weight is 240 g/mol. The van der Waals surface area contributed by atoms with Crippen molar-refractivity contribution in [1.82, 2.24) is 9.55 Å². The van der Waals surface area contributed by atoms with E-state index in [0.717, 1.165) is 22.7 Å². The van der Waals surface area contributed by atoms with Gasteiger partial charge in [-0.05, 0) is 24.3 Å². The first kappa shape index (κ1) is 11.1. The minimum atomic E-state index is -0.0629. The van der Waals surface area contributed by atoms with Crippen molar-refractivity contribution in [3.8, 4) is 5.69 Å². The van der Waals surface area contributed by atoms with Crippen LogP contribution in [0.25, 0.3) is 16.8 Å². The van der Waals surface area contributed by atoms with Crippen LogP contribution in [0.4, 0.5) is 0 Å². The number of nitrogens with zero attached hydrogens (tertiary/aromatic N) is 2. The normalized spacial score (nSPS) is 12.2. The lowest BCUT2D eigenvalue weighted by Crippen LogP contribution is -2.10. The molecule has 0 atom stereocenters. The maximum Gasteiger partial charge on any atom is 0.200 e. The van der Waals surface area contributed by atoms with Gasteiger partial charge in [0.1, 0.15) is 5.52 Å². The molecule has 2 heterocycles. The summed E-state index contributed by atoms with van der Waals surface area (Å²) in [6, 6.07) is 10.1. The van der Waals surface area contributed by atoms with E-state index < -0.39 is 0 Å². The van der Waals surface area contributed by atoms with Crippen molar-refractivity contribution in [2.75, 3.05) is 0 Å². The van der Waals surface area contributed by atoms with Gasteiger partial charge in [0.15, 0.2) is 5.58 Å². The van der Waals surface area contributed by atoms with Gasteiger partial charge in [-0.3, -0.25) is 0 Å². The van der Waals surface area contributed by atoms with Gasteiger partial charge in [-0.1, -0.05) is 20.8 Å². The molecule has 0 saturated carbocycles. The molecule has 0 aliphatic heterocycles. The maximum atomic E-state index is 5.85. The zero-order valence-electron chi connectivity index (χ0n) is 10.8. The molecule has 0 aliphatic carbocycles. The third-order valence-electron chi connectivity index (χ3n) is 2.92. The monoisotopic (exact) mass is 240 g/mol. The lowest BCUT2D eigenvalue weighted by molar-refractivity contribution is 0.411. The Hall–Kier alpha value is -2.03. The molecular weight excluding hydrogens is 224 g/mol. The molecule has 3 aromatic rings. The van der Waals surface area contributed by atoms with Crippen LogP contribution in [-0.2, 0) is 5.41 Å². The zero-order valence-corrected chi connectivity index (χ0v) is 10.8. The highest BCUT2D eigenvalue weighted by molar-refractivity contribution is 5.75. The predicted molar refractivity (Wildman–Crippen MR) is 72.0 cm³/mol. The summed E-state index contributed by atoms with van der Waals surface area (Å²) in [5.41, 5.74) is 2.78. The molecule has 1 aromatic carbocycles. The Kier molecular flexibility index (Phi) is 2.30. The SMILES string of the molecule is CC(C)(C)c1nc2ccc(-n3cccc3)cc2o1. The van der Waals surface area contributed by atoms with E-state index in [9.17, 15) is 0 Å². The highest BCUT2D eigenvalue weighted by Gasteiger charge is 2.20. The summed E-state index contributed by atoms with van der Waals surface area (Å²) >= 11 is 0. The highest BCUT2D eigenvalue weighted by Crippen LogP contribution is 2.27. The fourth-order valence-corrected chi connectivity index (χ4v) is 1.90. The van der Waals surface area contributed by atoms with Gasteiger partial charge in [-0.2, -0.15) is 0 Å². The number of fused-ring (bicyclic) bond motifs is 1. The minimum Gasteiger partial charge on any atom is -0.440 e. The van der Waals surface area contributed by atoms with Gasteiger partial charge >= 0.3 is 0 Å². The first-order chi connectivity index (χ1) is 8.54. The van der Waals surface area contributed by atoms with Crippen LogP contribution in [0.3, 0.4) is 0 Å². The molecule has 0 aliphatic rings. The second-order valence-electron chi connectivity index (χ2n) is 5.51. The van der Waals surface area contributed by atoms with Crippen LogP contribution in [0, 0.1) is 0 Å². The first-order valence-electron chi connectivity index (χ1n) is 6.08.